The highest BCUT2D eigenvalue weighted by atomic mass is 32.1. The lowest BCUT2D eigenvalue weighted by Crippen LogP contribution is -2.50. The van der Waals surface area contributed by atoms with Crippen LogP contribution in [0.3, 0.4) is 0 Å². The molecule has 2 aromatic carbocycles. The first kappa shape index (κ1) is 27.2. The number of benzene rings is 2. The second-order valence-corrected chi connectivity index (χ2v) is 9.86. The van der Waals surface area contributed by atoms with Crippen molar-refractivity contribution in [2.75, 3.05) is 50.6 Å². The maximum atomic E-state index is 13.6. The molecule has 0 radical (unpaired) electrons. The van der Waals surface area contributed by atoms with Crippen LogP contribution in [0.25, 0.3) is 11.2 Å². The molecule has 1 aliphatic rings. The zero-order chi connectivity index (χ0) is 28.6. The Morgan fingerprint density at radius 3 is 2.35 bits per heavy atom. The minimum atomic E-state index is -0.453. The van der Waals surface area contributed by atoms with Gasteiger partial charge >= 0.3 is 5.69 Å². The van der Waals surface area contributed by atoms with E-state index in [-0.39, 0.29) is 12.4 Å². The van der Waals surface area contributed by atoms with Crippen LogP contribution < -0.4 is 30.9 Å². The molecule has 1 saturated heterocycles. The monoisotopic (exact) mass is 567 g/mol. The summed E-state index contributed by atoms with van der Waals surface area (Å²) in [5, 5.41) is 3.81. The Bertz CT molecular complexity index is 1690. The van der Waals surface area contributed by atoms with E-state index in [1.165, 1.54) is 23.7 Å². The van der Waals surface area contributed by atoms with E-state index < -0.39 is 11.2 Å². The van der Waals surface area contributed by atoms with Crippen molar-refractivity contribution in [3.8, 4) is 11.5 Å². The summed E-state index contributed by atoms with van der Waals surface area (Å²) in [7, 11) is 6.22. The molecule has 3 heterocycles. The van der Waals surface area contributed by atoms with E-state index in [9.17, 15) is 14.0 Å². The summed E-state index contributed by atoms with van der Waals surface area (Å²) in [5.74, 6) is 1.51. The largest absolute Gasteiger partial charge is 0.497 e. The number of thiocarbonyl (C=S) groups is 1. The van der Waals surface area contributed by atoms with Crippen molar-refractivity contribution >= 4 is 40.1 Å². The first-order valence-corrected chi connectivity index (χ1v) is 13.1. The van der Waals surface area contributed by atoms with Crippen LogP contribution in [0.15, 0.2) is 52.1 Å². The summed E-state index contributed by atoms with van der Waals surface area (Å²) < 4.78 is 28.6. The van der Waals surface area contributed by atoms with Gasteiger partial charge in [-0.15, -0.1) is 0 Å². The minimum absolute atomic E-state index is 0.289. The molecule has 0 unspecified atom stereocenters. The molecule has 1 aliphatic heterocycles. The second kappa shape index (κ2) is 11.0. The summed E-state index contributed by atoms with van der Waals surface area (Å²) in [6, 6.07) is 11.6. The van der Waals surface area contributed by atoms with Crippen LogP contribution in [0, 0.1) is 5.82 Å². The van der Waals surface area contributed by atoms with Crippen molar-refractivity contribution in [2.45, 2.75) is 6.54 Å². The molecule has 2 aromatic heterocycles. The number of ether oxygens (including phenoxy) is 2. The number of aryl methyl sites for hydroxylation is 1. The van der Waals surface area contributed by atoms with Crippen molar-refractivity contribution < 1.29 is 13.9 Å². The van der Waals surface area contributed by atoms with Crippen molar-refractivity contribution in [3.63, 3.8) is 0 Å². The maximum absolute atomic E-state index is 13.6. The van der Waals surface area contributed by atoms with Crippen molar-refractivity contribution in [2.24, 2.45) is 14.1 Å². The molecule has 0 bridgehead atoms. The lowest BCUT2D eigenvalue weighted by Gasteiger charge is -2.37. The predicted molar refractivity (Wildman–Crippen MR) is 155 cm³/mol. The van der Waals surface area contributed by atoms with Crippen molar-refractivity contribution in [1.82, 2.24) is 23.6 Å². The fraction of sp³-hybridized carbons (Fsp3) is 0.333. The molecule has 0 spiro atoms. The van der Waals surface area contributed by atoms with Crippen LogP contribution in [-0.2, 0) is 20.6 Å². The number of methoxy groups -OCH3 is 2. The fourth-order valence-electron chi connectivity index (χ4n) is 4.80. The molecule has 13 heteroatoms. The fourth-order valence-corrected chi connectivity index (χ4v) is 5.10. The average Bonchev–Trinajstić information content (AvgIpc) is 3.35. The smallest absolute Gasteiger partial charge is 0.332 e. The Morgan fingerprint density at radius 1 is 1.00 bits per heavy atom. The molecule has 11 nitrogen and oxygen atoms in total. The number of imidazole rings is 1. The molecule has 1 N–H and O–H groups in total. The third kappa shape index (κ3) is 4.99. The molecule has 0 saturated carbocycles. The Balaban J connectivity index is 1.42. The summed E-state index contributed by atoms with van der Waals surface area (Å²) >= 11 is 5.69. The molecule has 0 atom stereocenters. The van der Waals surface area contributed by atoms with Crippen LogP contribution in [0.1, 0.15) is 5.56 Å². The molecule has 4 aromatic rings. The first-order valence-electron chi connectivity index (χ1n) is 12.7. The van der Waals surface area contributed by atoms with Gasteiger partial charge in [0.25, 0.3) is 5.56 Å². The molecule has 210 valence electrons. The number of piperazine rings is 1. The van der Waals surface area contributed by atoms with Crippen LogP contribution >= 0.6 is 12.2 Å². The van der Waals surface area contributed by atoms with Gasteiger partial charge < -0.3 is 24.6 Å². The standard InChI is InChI=1S/C27H30FN7O4S/c1-31-23-22(24(36)32(2)27(31)37)35(16-17-5-7-18(28)8-6-17)25(30-23)33-11-13-34(14-12-33)26(40)29-20-10-9-19(38-3)15-21(20)39-4/h5-10,15H,11-14,16H2,1-4H3,(H,29,40). The number of hydrogen-bond acceptors (Lipinski definition) is 7. The number of aromatic nitrogens is 4. The number of hydrogen-bond donors (Lipinski definition) is 1. The topological polar surface area (TPSA) is 98.8 Å². The third-order valence-corrected chi connectivity index (χ3v) is 7.44. The van der Waals surface area contributed by atoms with Crippen molar-refractivity contribution in [1.29, 1.82) is 0 Å². The molecular formula is C27H30FN7O4S. The summed E-state index contributed by atoms with van der Waals surface area (Å²) in [6.45, 7) is 2.63. The number of halogens is 1. The SMILES string of the molecule is COc1ccc(NC(=S)N2CCN(c3nc4c(c(=O)n(C)c(=O)n4C)n3Cc3ccc(F)cc3)CC2)c(OC)c1. The predicted octanol–water partition coefficient (Wildman–Crippen LogP) is 2.16. The number of nitrogens with zero attached hydrogens (tertiary/aromatic N) is 6. The van der Waals surface area contributed by atoms with Gasteiger partial charge in [0, 0.05) is 46.3 Å². The van der Waals surface area contributed by atoms with E-state index in [4.69, 9.17) is 26.7 Å². The van der Waals surface area contributed by atoms with Gasteiger partial charge in [0.15, 0.2) is 16.3 Å². The van der Waals surface area contributed by atoms with E-state index in [0.29, 0.717) is 59.9 Å². The highest BCUT2D eigenvalue weighted by Gasteiger charge is 2.27. The lowest BCUT2D eigenvalue weighted by atomic mass is 10.2. The Labute approximate surface area is 235 Å². The van der Waals surface area contributed by atoms with Gasteiger partial charge in [-0.1, -0.05) is 12.1 Å². The van der Waals surface area contributed by atoms with E-state index in [0.717, 1.165) is 15.8 Å². The van der Waals surface area contributed by atoms with E-state index in [2.05, 4.69) is 15.1 Å². The Hall–Kier alpha value is -4.39. The van der Waals surface area contributed by atoms with Gasteiger partial charge in [-0.05, 0) is 42.0 Å². The zero-order valence-electron chi connectivity index (χ0n) is 22.7. The number of fused-ring (bicyclic) bond motifs is 1. The van der Waals surface area contributed by atoms with Crippen LogP contribution in [0.2, 0.25) is 0 Å². The minimum Gasteiger partial charge on any atom is -0.497 e. The van der Waals surface area contributed by atoms with Crippen LogP contribution in [-0.4, -0.2) is 69.1 Å². The molecule has 5 rings (SSSR count). The highest BCUT2D eigenvalue weighted by molar-refractivity contribution is 7.80. The molecule has 1 fully saturated rings. The van der Waals surface area contributed by atoms with Crippen LogP contribution in [0.4, 0.5) is 16.0 Å². The highest BCUT2D eigenvalue weighted by Crippen LogP contribution is 2.29. The Kier molecular flexibility index (Phi) is 7.48. The summed E-state index contributed by atoms with van der Waals surface area (Å²) in [4.78, 5) is 34.7. The molecule has 40 heavy (non-hydrogen) atoms. The van der Waals surface area contributed by atoms with Gasteiger partial charge in [0.2, 0.25) is 5.95 Å². The normalized spacial score (nSPS) is 13.5. The third-order valence-electron chi connectivity index (χ3n) is 7.08. The summed E-state index contributed by atoms with van der Waals surface area (Å²) in [6.07, 6.45) is 0. The number of anilines is 2. The van der Waals surface area contributed by atoms with Gasteiger partial charge in [-0.3, -0.25) is 18.5 Å². The summed E-state index contributed by atoms with van der Waals surface area (Å²) in [5.41, 5.74) is 1.26. The maximum Gasteiger partial charge on any atom is 0.332 e. The quantitative estimate of drug-likeness (QED) is 0.352. The molecule has 0 amide bonds. The lowest BCUT2D eigenvalue weighted by molar-refractivity contribution is 0.385. The average molecular weight is 568 g/mol. The van der Waals surface area contributed by atoms with E-state index >= 15 is 0 Å². The zero-order valence-corrected chi connectivity index (χ0v) is 23.5. The van der Waals surface area contributed by atoms with Crippen LogP contribution in [0.5, 0.6) is 11.5 Å². The molecule has 0 aliphatic carbocycles. The first-order chi connectivity index (χ1) is 19.2. The van der Waals surface area contributed by atoms with E-state index in [1.807, 2.05) is 12.1 Å². The van der Waals surface area contributed by atoms with E-state index in [1.54, 1.807) is 44.0 Å². The van der Waals surface area contributed by atoms with Crippen molar-refractivity contribution in [3.05, 3.63) is 74.7 Å². The van der Waals surface area contributed by atoms with Gasteiger partial charge in [0.1, 0.15) is 17.3 Å². The molecular weight excluding hydrogens is 537 g/mol. The van der Waals surface area contributed by atoms with Gasteiger partial charge in [-0.25, -0.2) is 9.18 Å². The van der Waals surface area contributed by atoms with Gasteiger partial charge in [-0.2, -0.15) is 4.98 Å². The second-order valence-electron chi connectivity index (χ2n) is 9.47. The number of rotatable bonds is 6. The van der Waals surface area contributed by atoms with Gasteiger partial charge in [0.05, 0.1) is 26.5 Å². The number of nitrogens with one attached hydrogen (secondary N) is 1. The Morgan fingerprint density at radius 2 is 1.70 bits per heavy atom.